The lowest BCUT2D eigenvalue weighted by Crippen LogP contribution is -2.40. The predicted molar refractivity (Wildman–Crippen MR) is 98.7 cm³/mol. The monoisotopic (exact) mass is 349 g/mol. The largest absolute Gasteiger partial charge is 0.379 e. The van der Waals surface area contributed by atoms with Gasteiger partial charge < -0.3 is 4.74 Å². The molecule has 0 bridgehead atoms. The van der Waals surface area contributed by atoms with Gasteiger partial charge in [0.1, 0.15) is 5.82 Å². The Morgan fingerprint density at radius 3 is 2.65 bits per heavy atom. The SMILES string of the molecule is c1ccc(CCc2nc(C(c3cccnc3)N3CCOCC3)n[nH]2)cc1. The summed E-state index contributed by atoms with van der Waals surface area (Å²) in [4.78, 5) is 11.5. The molecule has 1 atom stereocenters. The second-order valence-corrected chi connectivity index (χ2v) is 6.46. The molecule has 0 radical (unpaired) electrons. The molecular formula is C20H23N5O. The fraction of sp³-hybridized carbons (Fsp3) is 0.350. The van der Waals surface area contributed by atoms with Crippen LogP contribution in [-0.2, 0) is 17.6 Å². The van der Waals surface area contributed by atoms with Gasteiger partial charge in [-0.3, -0.25) is 15.0 Å². The van der Waals surface area contributed by atoms with Crippen LogP contribution in [0.15, 0.2) is 54.9 Å². The molecule has 0 aliphatic carbocycles. The summed E-state index contributed by atoms with van der Waals surface area (Å²) in [6, 6.07) is 14.5. The number of rotatable bonds is 6. The Hall–Kier alpha value is -2.57. The van der Waals surface area contributed by atoms with Crippen molar-refractivity contribution in [2.75, 3.05) is 26.3 Å². The Labute approximate surface area is 153 Å². The van der Waals surface area contributed by atoms with Gasteiger partial charge in [0.2, 0.25) is 0 Å². The quantitative estimate of drug-likeness (QED) is 0.740. The van der Waals surface area contributed by atoms with Crippen LogP contribution in [0.1, 0.15) is 28.8 Å². The third-order valence-electron chi connectivity index (χ3n) is 4.70. The van der Waals surface area contributed by atoms with Gasteiger partial charge in [-0.25, -0.2) is 4.98 Å². The predicted octanol–water partition coefficient (Wildman–Crippen LogP) is 2.41. The van der Waals surface area contributed by atoms with Gasteiger partial charge in [0, 0.05) is 31.9 Å². The van der Waals surface area contributed by atoms with Gasteiger partial charge in [0.25, 0.3) is 0 Å². The second-order valence-electron chi connectivity index (χ2n) is 6.46. The maximum atomic E-state index is 5.51. The zero-order chi connectivity index (χ0) is 17.6. The maximum absolute atomic E-state index is 5.51. The number of benzene rings is 1. The van der Waals surface area contributed by atoms with Crippen molar-refractivity contribution in [3.63, 3.8) is 0 Å². The van der Waals surface area contributed by atoms with E-state index in [4.69, 9.17) is 9.72 Å². The highest BCUT2D eigenvalue weighted by Gasteiger charge is 2.27. The molecule has 0 saturated carbocycles. The number of pyridine rings is 1. The third kappa shape index (κ3) is 3.98. The number of ether oxygens (including phenoxy) is 1. The van der Waals surface area contributed by atoms with Crippen LogP contribution < -0.4 is 0 Å². The van der Waals surface area contributed by atoms with Crippen LogP contribution >= 0.6 is 0 Å². The number of aromatic nitrogens is 4. The van der Waals surface area contributed by atoms with Crippen LogP contribution in [0.2, 0.25) is 0 Å². The summed E-state index contributed by atoms with van der Waals surface area (Å²) >= 11 is 0. The highest BCUT2D eigenvalue weighted by atomic mass is 16.5. The Kier molecular flexibility index (Phi) is 5.33. The van der Waals surface area contributed by atoms with E-state index in [1.807, 2.05) is 18.3 Å². The smallest absolute Gasteiger partial charge is 0.172 e. The van der Waals surface area contributed by atoms with Crippen molar-refractivity contribution in [3.05, 3.63) is 77.6 Å². The molecule has 6 nitrogen and oxygen atoms in total. The van der Waals surface area contributed by atoms with Gasteiger partial charge in [0.05, 0.1) is 19.3 Å². The fourth-order valence-corrected chi connectivity index (χ4v) is 3.35. The molecular weight excluding hydrogens is 326 g/mol. The minimum atomic E-state index is 0.00863. The van der Waals surface area contributed by atoms with E-state index < -0.39 is 0 Å². The normalized spacial score (nSPS) is 16.5. The first-order chi connectivity index (χ1) is 12.9. The summed E-state index contributed by atoms with van der Waals surface area (Å²) in [7, 11) is 0. The van der Waals surface area contributed by atoms with Crippen molar-refractivity contribution < 1.29 is 4.74 Å². The van der Waals surface area contributed by atoms with Crippen molar-refractivity contribution in [1.29, 1.82) is 0 Å². The molecule has 1 saturated heterocycles. The Balaban J connectivity index is 1.53. The van der Waals surface area contributed by atoms with E-state index in [1.165, 1.54) is 5.56 Å². The average molecular weight is 349 g/mol. The average Bonchev–Trinajstić information content (AvgIpc) is 3.18. The lowest BCUT2D eigenvalue weighted by Gasteiger charge is -2.32. The van der Waals surface area contributed by atoms with E-state index in [-0.39, 0.29) is 6.04 Å². The number of aryl methyl sites for hydroxylation is 2. The summed E-state index contributed by atoms with van der Waals surface area (Å²) in [6.07, 6.45) is 5.49. The van der Waals surface area contributed by atoms with Crippen LogP contribution in [0, 0.1) is 0 Å². The van der Waals surface area contributed by atoms with E-state index >= 15 is 0 Å². The minimum Gasteiger partial charge on any atom is -0.379 e. The van der Waals surface area contributed by atoms with Crippen molar-refractivity contribution in [2.24, 2.45) is 0 Å². The lowest BCUT2D eigenvalue weighted by molar-refractivity contribution is 0.0224. The van der Waals surface area contributed by atoms with Gasteiger partial charge in [-0.15, -0.1) is 0 Å². The second kappa shape index (κ2) is 8.21. The highest BCUT2D eigenvalue weighted by Crippen LogP contribution is 2.26. The molecule has 6 heteroatoms. The molecule has 26 heavy (non-hydrogen) atoms. The Bertz CT molecular complexity index is 799. The minimum absolute atomic E-state index is 0.00863. The standard InChI is InChI=1S/C20H23N5O/c1-2-5-16(6-3-1)8-9-18-22-20(24-23-18)19(17-7-4-10-21-15-17)25-11-13-26-14-12-25/h1-7,10,15,19H,8-9,11-14H2,(H,22,23,24). The molecule has 2 aromatic heterocycles. The molecule has 1 unspecified atom stereocenters. The van der Waals surface area contributed by atoms with Crippen LogP contribution in [0.4, 0.5) is 0 Å². The molecule has 134 valence electrons. The number of morpholine rings is 1. The number of hydrogen-bond acceptors (Lipinski definition) is 5. The zero-order valence-electron chi connectivity index (χ0n) is 14.7. The number of hydrogen-bond donors (Lipinski definition) is 1. The van der Waals surface area contributed by atoms with E-state index in [1.54, 1.807) is 6.20 Å². The van der Waals surface area contributed by atoms with E-state index in [0.29, 0.717) is 0 Å². The summed E-state index contributed by atoms with van der Waals surface area (Å²) < 4.78 is 5.51. The topological polar surface area (TPSA) is 66.9 Å². The van der Waals surface area contributed by atoms with E-state index in [0.717, 1.165) is 56.4 Å². The van der Waals surface area contributed by atoms with E-state index in [9.17, 15) is 0 Å². The van der Waals surface area contributed by atoms with Crippen LogP contribution in [-0.4, -0.2) is 51.4 Å². The molecule has 3 heterocycles. The van der Waals surface area contributed by atoms with Gasteiger partial charge in [-0.1, -0.05) is 36.4 Å². The first-order valence-electron chi connectivity index (χ1n) is 9.07. The van der Waals surface area contributed by atoms with Gasteiger partial charge in [-0.2, -0.15) is 5.10 Å². The van der Waals surface area contributed by atoms with Crippen molar-refractivity contribution in [2.45, 2.75) is 18.9 Å². The molecule has 1 N–H and O–H groups in total. The molecule has 1 fully saturated rings. The van der Waals surface area contributed by atoms with Crippen LogP contribution in [0.3, 0.4) is 0 Å². The highest BCUT2D eigenvalue weighted by molar-refractivity contribution is 5.22. The van der Waals surface area contributed by atoms with E-state index in [2.05, 4.69) is 50.4 Å². The number of H-pyrrole nitrogens is 1. The molecule has 1 aliphatic heterocycles. The summed E-state index contributed by atoms with van der Waals surface area (Å²) in [5.74, 6) is 1.73. The Morgan fingerprint density at radius 1 is 1.04 bits per heavy atom. The maximum Gasteiger partial charge on any atom is 0.172 e. The number of nitrogens with zero attached hydrogens (tertiary/aromatic N) is 4. The molecule has 0 spiro atoms. The van der Waals surface area contributed by atoms with Gasteiger partial charge >= 0.3 is 0 Å². The first-order valence-corrected chi connectivity index (χ1v) is 9.07. The van der Waals surface area contributed by atoms with Crippen molar-refractivity contribution >= 4 is 0 Å². The molecule has 1 aliphatic rings. The summed E-state index contributed by atoms with van der Waals surface area (Å²) in [5, 5.41) is 7.66. The van der Waals surface area contributed by atoms with Crippen LogP contribution in [0.25, 0.3) is 0 Å². The molecule has 0 amide bonds. The van der Waals surface area contributed by atoms with Crippen molar-refractivity contribution in [1.82, 2.24) is 25.1 Å². The molecule has 3 aromatic rings. The summed E-state index contributed by atoms with van der Waals surface area (Å²) in [5.41, 5.74) is 2.42. The summed E-state index contributed by atoms with van der Waals surface area (Å²) in [6.45, 7) is 3.21. The van der Waals surface area contributed by atoms with Gasteiger partial charge in [0.15, 0.2) is 5.82 Å². The third-order valence-corrected chi connectivity index (χ3v) is 4.70. The number of nitrogens with one attached hydrogen (secondary N) is 1. The Morgan fingerprint density at radius 2 is 1.88 bits per heavy atom. The van der Waals surface area contributed by atoms with Crippen LogP contribution in [0.5, 0.6) is 0 Å². The number of aromatic amines is 1. The van der Waals surface area contributed by atoms with Gasteiger partial charge in [-0.05, 0) is 23.6 Å². The zero-order valence-corrected chi connectivity index (χ0v) is 14.7. The molecule has 4 rings (SSSR count). The fourth-order valence-electron chi connectivity index (χ4n) is 3.35. The first kappa shape index (κ1) is 16.9. The van der Waals surface area contributed by atoms with Crippen molar-refractivity contribution in [3.8, 4) is 0 Å². The molecule has 1 aromatic carbocycles. The lowest BCUT2D eigenvalue weighted by atomic mass is 10.1.